The minimum Gasteiger partial charge on any atom is -0.494 e. The first-order valence-corrected chi connectivity index (χ1v) is 10.1. The van der Waals surface area contributed by atoms with Crippen molar-refractivity contribution in [2.24, 2.45) is 0 Å². The van der Waals surface area contributed by atoms with Gasteiger partial charge in [-0.2, -0.15) is 0 Å². The van der Waals surface area contributed by atoms with Gasteiger partial charge in [0, 0.05) is 36.8 Å². The lowest BCUT2D eigenvalue weighted by molar-refractivity contribution is -0.133. The Morgan fingerprint density at radius 2 is 2.06 bits per heavy atom. The molecule has 31 heavy (non-hydrogen) atoms. The molecule has 2 N–H and O–H groups in total. The van der Waals surface area contributed by atoms with Gasteiger partial charge in [-0.25, -0.2) is 0 Å². The summed E-state index contributed by atoms with van der Waals surface area (Å²) in [5.41, 5.74) is 3.14. The predicted molar refractivity (Wildman–Crippen MR) is 119 cm³/mol. The molecule has 0 aliphatic carbocycles. The van der Waals surface area contributed by atoms with E-state index in [0.717, 1.165) is 11.3 Å². The molecule has 0 aromatic heterocycles. The number of carbonyl (C=O) groups is 3. The number of likely N-dealkylation sites (N-methyl/N-ethyl adjacent to an activating group) is 1. The second kappa shape index (κ2) is 10.3. The Kier molecular flexibility index (Phi) is 7.28. The van der Waals surface area contributed by atoms with Crippen LogP contribution in [0.4, 0.5) is 11.4 Å². The second-order valence-electron chi connectivity index (χ2n) is 7.34. The highest BCUT2D eigenvalue weighted by molar-refractivity contribution is 5.95. The molecule has 7 nitrogen and oxygen atoms in total. The van der Waals surface area contributed by atoms with E-state index in [4.69, 9.17) is 11.2 Å². The van der Waals surface area contributed by atoms with E-state index < -0.39 is 0 Å². The summed E-state index contributed by atoms with van der Waals surface area (Å²) in [4.78, 5) is 37.3. The minimum absolute atomic E-state index is 0.0265. The number of ether oxygens (including phenoxy) is 1. The van der Waals surface area contributed by atoms with E-state index in [1.165, 1.54) is 4.90 Å². The first kappa shape index (κ1) is 21.9. The first-order chi connectivity index (χ1) is 14.9. The number of amides is 3. The van der Waals surface area contributed by atoms with Gasteiger partial charge in [0.1, 0.15) is 5.75 Å². The highest BCUT2D eigenvalue weighted by atomic mass is 16.5. The normalized spacial score (nSPS) is 12.2. The van der Waals surface area contributed by atoms with E-state index in [1.54, 1.807) is 37.4 Å². The van der Waals surface area contributed by atoms with E-state index in [9.17, 15) is 14.4 Å². The number of hydrogen-bond acceptors (Lipinski definition) is 4. The van der Waals surface area contributed by atoms with E-state index >= 15 is 0 Å². The average Bonchev–Trinajstić information content (AvgIpc) is 2.76. The van der Waals surface area contributed by atoms with Crippen LogP contribution in [0.5, 0.6) is 5.75 Å². The number of nitrogens with zero attached hydrogens (tertiary/aromatic N) is 1. The Morgan fingerprint density at radius 1 is 1.23 bits per heavy atom. The molecule has 0 radical (unpaired) electrons. The summed E-state index contributed by atoms with van der Waals surface area (Å²) in [6.45, 7) is 0.340. The molecule has 1 aliphatic heterocycles. The Labute approximate surface area is 181 Å². The number of aryl methyl sites for hydroxylation is 1. The summed E-state index contributed by atoms with van der Waals surface area (Å²) in [5.74, 6) is 2.83. The average molecular weight is 419 g/mol. The van der Waals surface area contributed by atoms with Crippen LogP contribution in [0, 0.1) is 12.3 Å². The number of rotatable bonds is 8. The van der Waals surface area contributed by atoms with Crippen molar-refractivity contribution in [2.45, 2.75) is 25.7 Å². The summed E-state index contributed by atoms with van der Waals surface area (Å²) in [5, 5.41) is 5.57. The third-order valence-corrected chi connectivity index (χ3v) is 4.90. The lowest BCUT2D eigenvalue weighted by atomic mass is 10.0. The van der Waals surface area contributed by atoms with Crippen molar-refractivity contribution >= 4 is 29.1 Å². The molecule has 2 aromatic rings. The Hall–Kier alpha value is -3.79. The molecule has 3 rings (SSSR count). The van der Waals surface area contributed by atoms with Gasteiger partial charge in [-0.3, -0.25) is 14.4 Å². The van der Waals surface area contributed by atoms with E-state index in [1.807, 2.05) is 12.1 Å². The number of hydrogen-bond donors (Lipinski definition) is 2. The summed E-state index contributed by atoms with van der Waals surface area (Å²) in [6, 6.07) is 12.5. The van der Waals surface area contributed by atoms with Crippen molar-refractivity contribution in [3.05, 3.63) is 53.6 Å². The smallest absolute Gasteiger partial charge is 0.243 e. The molecule has 160 valence electrons. The van der Waals surface area contributed by atoms with Crippen LogP contribution in [0.2, 0.25) is 0 Å². The van der Waals surface area contributed by atoms with Crippen molar-refractivity contribution in [1.29, 1.82) is 0 Å². The maximum absolute atomic E-state index is 12.3. The molecule has 0 fully saturated rings. The van der Waals surface area contributed by atoms with Crippen molar-refractivity contribution in [3.63, 3.8) is 0 Å². The van der Waals surface area contributed by atoms with Crippen molar-refractivity contribution in [1.82, 2.24) is 4.90 Å². The van der Waals surface area contributed by atoms with Gasteiger partial charge in [0.05, 0.1) is 13.2 Å². The topological polar surface area (TPSA) is 87.7 Å². The van der Waals surface area contributed by atoms with Crippen LogP contribution < -0.4 is 15.4 Å². The van der Waals surface area contributed by atoms with Crippen molar-refractivity contribution in [3.8, 4) is 18.1 Å². The first-order valence-electron chi connectivity index (χ1n) is 10.1. The van der Waals surface area contributed by atoms with Crippen molar-refractivity contribution < 1.29 is 19.1 Å². The molecular formula is C24H25N3O4. The second-order valence-corrected chi connectivity index (χ2v) is 7.34. The van der Waals surface area contributed by atoms with E-state index in [-0.39, 0.29) is 30.7 Å². The fourth-order valence-corrected chi connectivity index (χ4v) is 3.24. The third kappa shape index (κ3) is 6.34. The number of terminal acetylenes is 1. The molecule has 0 atom stereocenters. The molecule has 2 aromatic carbocycles. The van der Waals surface area contributed by atoms with Gasteiger partial charge in [-0.15, -0.1) is 6.42 Å². The molecule has 0 bridgehead atoms. The van der Waals surface area contributed by atoms with Crippen LogP contribution >= 0.6 is 0 Å². The summed E-state index contributed by atoms with van der Waals surface area (Å²) in [7, 11) is 1.60. The lowest BCUT2D eigenvalue weighted by Gasteiger charge is -2.18. The van der Waals surface area contributed by atoms with Crippen LogP contribution in [0.3, 0.4) is 0 Å². The molecule has 1 heterocycles. The van der Waals surface area contributed by atoms with Gasteiger partial charge < -0.3 is 20.3 Å². The van der Waals surface area contributed by atoms with Gasteiger partial charge in [0.15, 0.2) is 0 Å². The molecule has 7 heteroatoms. The Morgan fingerprint density at radius 3 is 2.87 bits per heavy atom. The zero-order valence-electron chi connectivity index (χ0n) is 17.4. The van der Waals surface area contributed by atoms with Crippen LogP contribution in [0.25, 0.3) is 0 Å². The van der Waals surface area contributed by atoms with E-state index in [2.05, 4.69) is 16.6 Å². The predicted octanol–water partition coefficient (Wildman–Crippen LogP) is 2.81. The molecular weight excluding hydrogens is 394 g/mol. The molecule has 0 unspecified atom stereocenters. The van der Waals surface area contributed by atoms with Gasteiger partial charge in [-0.05, 0) is 54.8 Å². The Balaban J connectivity index is 1.38. The maximum atomic E-state index is 12.3. The third-order valence-electron chi connectivity index (χ3n) is 4.90. The fraction of sp³-hybridized carbons (Fsp3) is 0.292. The zero-order valence-corrected chi connectivity index (χ0v) is 17.4. The van der Waals surface area contributed by atoms with Gasteiger partial charge in [0.2, 0.25) is 17.7 Å². The largest absolute Gasteiger partial charge is 0.494 e. The zero-order chi connectivity index (χ0) is 22.2. The van der Waals surface area contributed by atoms with Crippen LogP contribution in [-0.4, -0.2) is 42.8 Å². The molecule has 3 amide bonds. The fourth-order valence-electron chi connectivity index (χ4n) is 3.24. The van der Waals surface area contributed by atoms with Gasteiger partial charge >= 0.3 is 0 Å². The van der Waals surface area contributed by atoms with E-state index in [0.29, 0.717) is 42.9 Å². The molecule has 1 aliphatic rings. The number of benzene rings is 2. The Bertz CT molecular complexity index is 1030. The molecule has 0 spiro atoms. The summed E-state index contributed by atoms with van der Waals surface area (Å²) < 4.78 is 5.73. The number of fused-ring (bicyclic) bond motifs is 1. The highest BCUT2D eigenvalue weighted by Gasteiger charge is 2.16. The van der Waals surface area contributed by atoms with Crippen LogP contribution in [0.1, 0.15) is 30.4 Å². The minimum atomic E-state index is -0.289. The maximum Gasteiger partial charge on any atom is 0.243 e. The summed E-state index contributed by atoms with van der Waals surface area (Å²) in [6.07, 6.45) is 7.33. The molecule has 0 saturated heterocycles. The quantitative estimate of drug-likeness (QED) is 0.509. The van der Waals surface area contributed by atoms with Crippen LogP contribution in [-0.2, 0) is 20.8 Å². The van der Waals surface area contributed by atoms with Gasteiger partial charge in [0.25, 0.3) is 0 Å². The van der Waals surface area contributed by atoms with Crippen LogP contribution in [0.15, 0.2) is 42.5 Å². The molecule has 0 saturated carbocycles. The SMILES string of the molecule is C#Cc1cccc(NC(=O)CN(C)C(=O)CCCOc2ccc3c(c2)CCC(=O)N3)c1. The summed E-state index contributed by atoms with van der Waals surface area (Å²) >= 11 is 0. The monoisotopic (exact) mass is 419 g/mol. The number of nitrogens with one attached hydrogen (secondary N) is 2. The lowest BCUT2D eigenvalue weighted by Crippen LogP contribution is -2.35. The number of carbonyl (C=O) groups excluding carboxylic acids is 3. The number of anilines is 2. The van der Waals surface area contributed by atoms with Crippen molar-refractivity contribution in [2.75, 3.05) is 30.8 Å². The standard InChI is InChI=1S/C24H25N3O4/c1-3-17-6-4-7-19(14-17)25-23(29)16-27(2)24(30)8-5-13-31-20-10-11-21-18(15-20)9-12-22(28)26-21/h1,4,6-7,10-11,14-15H,5,8-9,12-13,16H2,2H3,(H,25,29)(H,26,28). The van der Waals surface area contributed by atoms with Gasteiger partial charge in [-0.1, -0.05) is 12.0 Å². The highest BCUT2D eigenvalue weighted by Crippen LogP contribution is 2.26.